The highest BCUT2D eigenvalue weighted by atomic mass is 19.1. The van der Waals surface area contributed by atoms with Gasteiger partial charge in [0.2, 0.25) is 0 Å². The molecule has 2 atom stereocenters. The molecule has 1 aliphatic rings. The number of nitrogens with two attached hydrogens (primary N) is 1. The van der Waals surface area contributed by atoms with E-state index in [4.69, 9.17) is 10.5 Å². The van der Waals surface area contributed by atoms with Crippen molar-refractivity contribution in [3.8, 4) is 5.75 Å². The summed E-state index contributed by atoms with van der Waals surface area (Å²) in [6.07, 6.45) is 2.05. The smallest absolute Gasteiger partial charge is 0.260 e. The third kappa shape index (κ3) is 3.93. The van der Waals surface area contributed by atoms with Crippen molar-refractivity contribution in [3.05, 3.63) is 30.1 Å². The molecule has 0 aromatic heterocycles. The lowest BCUT2D eigenvalue weighted by Gasteiger charge is -2.34. The van der Waals surface area contributed by atoms with Gasteiger partial charge in [0.1, 0.15) is 11.6 Å². The molecular weight excluding hydrogens is 259 g/mol. The van der Waals surface area contributed by atoms with Crippen LogP contribution in [0.2, 0.25) is 0 Å². The van der Waals surface area contributed by atoms with Crippen LogP contribution >= 0.6 is 0 Å². The van der Waals surface area contributed by atoms with Gasteiger partial charge in [-0.1, -0.05) is 0 Å². The van der Waals surface area contributed by atoms with Gasteiger partial charge in [-0.25, -0.2) is 4.39 Å². The zero-order valence-electron chi connectivity index (χ0n) is 11.7. The van der Waals surface area contributed by atoms with Gasteiger partial charge in [0.15, 0.2) is 6.61 Å². The Morgan fingerprint density at radius 1 is 1.50 bits per heavy atom. The number of carbonyl (C=O) groups is 1. The van der Waals surface area contributed by atoms with E-state index in [0.29, 0.717) is 18.2 Å². The van der Waals surface area contributed by atoms with Crippen molar-refractivity contribution in [2.45, 2.75) is 25.8 Å². The molecule has 0 saturated carbocycles. The molecule has 110 valence electrons. The standard InChI is InChI=1S/C15H21FN2O2/c1-11(17)12-3-2-8-18(9-12)15(19)10-20-14-6-4-13(16)5-7-14/h4-7,11-12H,2-3,8-10,17H2,1H3/t11-,12+/m0/s1. The number of piperidine rings is 1. The molecule has 1 aromatic carbocycles. The summed E-state index contributed by atoms with van der Waals surface area (Å²) in [6.45, 7) is 3.42. The number of ether oxygens (including phenoxy) is 1. The molecule has 1 saturated heterocycles. The van der Waals surface area contributed by atoms with Crippen molar-refractivity contribution in [1.82, 2.24) is 4.90 Å². The van der Waals surface area contributed by atoms with E-state index in [1.165, 1.54) is 24.3 Å². The minimum atomic E-state index is -0.320. The molecule has 0 radical (unpaired) electrons. The molecule has 1 aliphatic heterocycles. The third-order valence-electron chi connectivity index (χ3n) is 3.73. The van der Waals surface area contributed by atoms with E-state index < -0.39 is 0 Å². The maximum absolute atomic E-state index is 12.8. The number of benzene rings is 1. The first-order chi connectivity index (χ1) is 9.56. The largest absolute Gasteiger partial charge is 0.484 e. The normalized spacial score (nSPS) is 20.6. The van der Waals surface area contributed by atoms with E-state index in [2.05, 4.69) is 0 Å². The summed E-state index contributed by atoms with van der Waals surface area (Å²) in [5.41, 5.74) is 5.90. The van der Waals surface area contributed by atoms with Gasteiger partial charge in [0.05, 0.1) is 0 Å². The van der Waals surface area contributed by atoms with Crippen LogP contribution in [-0.4, -0.2) is 36.5 Å². The summed E-state index contributed by atoms with van der Waals surface area (Å²) < 4.78 is 18.1. The highest BCUT2D eigenvalue weighted by Crippen LogP contribution is 2.19. The molecule has 1 amide bonds. The van der Waals surface area contributed by atoms with Crippen molar-refractivity contribution in [3.63, 3.8) is 0 Å². The Kier molecular flexibility index (Phi) is 4.95. The second-order valence-corrected chi connectivity index (χ2v) is 5.34. The van der Waals surface area contributed by atoms with Gasteiger partial charge in [-0.05, 0) is 49.9 Å². The predicted molar refractivity (Wildman–Crippen MR) is 74.8 cm³/mol. The van der Waals surface area contributed by atoms with Crippen molar-refractivity contribution in [2.75, 3.05) is 19.7 Å². The SMILES string of the molecule is C[C@H](N)[C@@H]1CCCN(C(=O)COc2ccc(F)cc2)C1. The number of hydrogen-bond donors (Lipinski definition) is 1. The fraction of sp³-hybridized carbons (Fsp3) is 0.533. The van der Waals surface area contributed by atoms with Crippen molar-refractivity contribution in [1.29, 1.82) is 0 Å². The average Bonchev–Trinajstić information content (AvgIpc) is 2.46. The van der Waals surface area contributed by atoms with Gasteiger partial charge in [-0.2, -0.15) is 0 Å². The Labute approximate surface area is 118 Å². The van der Waals surface area contributed by atoms with E-state index in [-0.39, 0.29) is 24.4 Å². The fourth-order valence-electron chi connectivity index (χ4n) is 2.43. The third-order valence-corrected chi connectivity index (χ3v) is 3.73. The van der Waals surface area contributed by atoms with E-state index in [1.807, 2.05) is 6.92 Å². The lowest BCUT2D eigenvalue weighted by molar-refractivity contribution is -0.135. The van der Waals surface area contributed by atoms with E-state index in [9.17, 15) is 9.18 Å². The van der Waals surface area contributed by atoms with Crippen LogP contribution in [0.1, 0.15) is 19.8 Å². The first kappa shape index (κ1) is 14.8. The maximum atomic E-state index is 12.8. The number of hydrogen-bond acceptors (Lipinski definition) is 3. The summed E-state index contributed by atoms with van der Waals surface area (Å²) in [6, 6.07) is 5.76. The Morgan fingerprint density at radius 3 is 2.85 bits per heavy atom. The van der Waals surface area contributed by atoms with E-state index >= 15 is 0 Å². The van der Waals surface area contributed by atoms with E-state index in [1.54, 1.807) is 4.90 Å². The Balaban J connectivity index is 1.83. The van der Waals surface area contributed by atoms with Gasteiger partial charge < -0.3 is 15.4 Å². The molecule has 1 fully saturated rings. The summed E-state index contributed by atoms with van der Waals surface area (Å²) in [5.74, 6) is 0.498. The van der Waals surface area contributed by atoms with Gasteiger partial charge in [-0.3, -0.25) is 4.79 Å². The highest BCUT2D eigenvalue weighted by Gasteiger charge is 2.25. The van der Waals surface area contributed by atoms with Gasteiger partial charge >= 0.3 is 0 Å². The lowest BCUT2D eigenvalue weighted by Crippen LogP contribution is -2.46. The minimum absolute atomic E-state index is 0.0166. The molecule has 2 rings (SSSR count). The van der Waals surface area contributed by atoms with Crippen LogP contribution in [0.3, 0.4) is 0 Å². The molecule has 5 heteroatoms. The van der Waals surface area contributed by atoms with Crippen LogP contribution in [0.15, 0.2) is 24.3 Å². The van der Waals surface area contributed by atoms with Crippen LogP contribution in [0, 0.1) is 11.7 Å². The van der Waals surface area contributed by atoms with Crippen LogP contribution in [-0.2, 0) is 4.79 Å². The van der Waals surface area contributed by atoms with Crippen LogP contribution in [0.5, 0.6) is 5.75 Å². The molecule has 4 nitrogen and oxygen atoms in total. The zero-order valence-corrected chi connectivity index (χ0v) is 11.7. The molecule has 0 unspecified atom stereocenters. The second-order valence-electron chi connectivity index (χ2n) is 5.34. The molecule has 20 heavy (non-hydrogen) atoms. The Morgan fingerprint density at radius 2 is 2.20 bits per heavy atom. The lowest BCUT2D eigenvalue weighted by atomic mass is 9.92. The molecular formula is C15H21FN2O2. The number of rotatable bonds is 4. The molecule has 0 spiro atoms. The number of nitrogens with zero attached hydrogens (tertiary/aromatic N) is 1. The molecule has 2 N–H and O–H groups in total. The predicted octanol–water partition coefficient (Wildman–Crippen LogP) is 1.79. The Bertz CT molecular complexity index is 448. The quantitative estimate of drug-likeness (QED) is 0.915. The second kappa shape index (κ2) is 6.70. The fourth-order valence-corrected chi connectivity index (χ4v) is 2.43. The summed E-state index contributed by atoms with van der Waals surface area (Å²) in [5, 5.41) is 0. The van der Waals surface area contributed by atoms with Gasteiger partial charge in [0, 0.05) is 19.1 Å². The Hall–Kier alpha value is -1.62. The number of halogens is 1. The van der Waals surface area contributed by atoms with Gasteiger partial charge in [-0.15, -0.1) is 0 Å². The molecule has 0 bridgehead atoms. The summed E-state index contributed by atoms with van der Waals surface area (Å²) in [4.78, 5) is 13.9. The minimum Gasteiger partial charge on any atom is -0.484 e. The first-order valence-electron chi connectivity index (χ1n) is 6.98. The summed E-state index contributed by atoms with van der Waals surface area (Å²) in [7, 11) is 0. The highest BCUT2D eigenvalue weighted by molar-refractivity contribution is 5.77. The van der Waals surface area contributed by atoms with Crippen LogP contribution in [0.25, 0.3) is 0 Å². The van der Waals surface area contributed by atoms with Crippen molar-refractivity contribution in [2.24, 2.45) is 11.7 Å². The average molecular weight is 280 g/mol. The molecule has 1 heterocycles. The van der Waals surface area contributed by atoms with Crippen LogP contribution in [0.4, 0.5) is 4.39 Å². The van der Waals surface area contributed by atoms with Crippen LogP contribution < -0.4 is 10.5 Å². The topological polar surface area (TPSA) is 55.6 Å². The summed E-state index contributed by atoms with van der Waals surface area (Å²) >= 11 is 0. The van der Waals surface area contributed by atoms with E-state index in [0.717, 1.165) is 19.4 Å². The zero-order chi connectivity index (χ0) is 14.5. The maximum Gasteiger partial charge on any atom is 0.260 e. The number of amides is 1. The number of carbonyl (C=O) groups excluding carboxylic acids is 1. The first-order valence-corrected chi connectivity index (χ1v) is 6.98. The monoisotopic (exact) mass is 280 g/mol. The van der Waals surface area contributed by atoms with Crippen molar-refractivity contribution >= 4 is 5.91 Å². The molecule has 0 aliphatic carbocycles. The number of likely N-dealkylation sites (tertiary alicyclic amines) is 1. The van der Waals surface area contributed by atoms with Crippen molar-refractivity contribution < 1.29 is 13.9 Å². The van der Waals surface area contributed by atoms with Gasteiger partial charge in [0.25, 0.3) is 5.91 Å². The molecule has 1 aromatic rings.